The van der Waals surface area contributed by atoms with Crippen molar-refractivity contribution in [2.45, 2.75) is 32.9 Å². The van der Waals surface area contributed by atoms with Gasteiger partial charge in [-0.1, -0.05) is 25.4 Å². The van der Waals surface area contributed by atoms with Crippen LogP contribution in [0.1, 0.15) is 31.8 Å². The highest BCUT2D eigenvalue weighted by molar-refractivity contribution is 7.16. The Morgan fingerprint density at radius 3 is 2.53 bits per heavy atom. The van der Waals surface area contributed by atoms with Gasteiger partial charge >= 0.3 is 0 Å². The first-order valence-electron chi connectivity index (χ1n) is 5.17. The first-order chi connectivity index (χ1) is 7.00. The second-order valence-electron chi connectivity index (χ2n) is 4.10. The van der Waals surface area contributed by atoms with E-state index in [9.17, 15) is 5.11 Å². The first kappa shape index (κ1) is 13.0. The van der Waals surface area contributed by atoms with Crippen molar-refractivity contribution >= 4 is 22.9 Å². The highest BCUT2D eigenvalue weighted by Crippen LogP contribution is 2.26. The summed E-state index contributed by atoms with van der Waals surface area (Å²) in [5, 5.41) is 13.2. The Balaban J connectivity index is 2.39. The molecule has 15 heavy (non-hydrogen) atoms. The summed E-state index contributed by atoms with van der Waals surface area (Å²) in [6.45, 7) is 7.02. The van der Waals surface area contributed by atoms with Crippen LogP contribution in [0.5, 0.6) is 0 Å². The SMILES string of the molecule is CC(C)C(C)NCC(O)c1ccc(Cl)s1. The van der Waals surface area contributed by atoms with Gasteiger partial charge in [0.2, 0.25) is 0 Å². The zero-order chi connectivity index (χ0) is 11.4. The molecule has 0 aliphatic rings. The maximum atomic E-state index is 9.85. The van der Waals surface area contributed by atoms with Crippen LogP contribution in [0, 0.1) is 5.92 Å². The molecule has 0 bridgehead atoms. The lowest BCUT2D eigenvalue weighted by Crippen LogP contribution is -2.33. The summed E-state index contributed by atoms with van der Waals surface area (Å²) >= 11 is 7.24. The van der Waals surface area contributed by atoms with Crippen LogP contribution in [0.4, 0.5) is 0 Å². The zero-order valence-electron chi connectivity index (χ0n) is 9.33. The fourth-order valence-corrected chi connectivity index (χ4v) is 2.19. The van der Waals surface area contributed by atoms with Crippen molar-refractivity contribution in [1.82, 2.24) is 5.32 Å². The van der Waals surface area contributed by atoms with E-state index in [0.717, 1.165) is 9.21 Å². The van der Waals surface area contributed by atoms with E-state index >= 15 is 0 Å². The summed E-state index contributed by atoms with van der Waals surface area (Å²) in [5.41, 5.74) is 0. The number of halogens is 1. The predicted molar refractivity (Wildman–Crippen MR) is 66.6 cm³/mol. The lowest BCUT2D eigenvalue weighted by molar-refractivity contribution is 0.170. The largest absolute Gasteiger partial charge is 0.386 e. The molecule has 0 radical (unpaired) electrons. The highest BCUT2D eigenvalue weighted by atomic mass is 35.5. The fourth-order valence-electron chi connectivity index (χ4n) is 1.14. The molecule has 2 N–H and O–H groups in total. The third-order valence-electron chi connectivity index (χ3n) is 2.56. The third-order valence-corrected chi connectivity index (χ3v) is 3.89. The van der Waals surface area contributed by atoms with E-state index in [2.05, 4.69) is 26.1 Å². The molecule has 0 aliphatic carbocycles. The fraction of sp³-hybridized carbons (Fsp3) is 0.636. The minimum atomic E-state index is -0.455. The molecule has 0 fully saturated rings. The molecule has 0 saturated heterocycles. The summed E-state index contributed by atoms with van der Waals surface area (Å²) in [6.07, 6.45) is -0.455. The van der Waals surface area contributed by atoms with Gasteiger partial charge in [-0.15, -0.1) is 11.3 Å². The molecule has 2 atom stereocenters. The molecular formula is C11H18ClNOS. The Bertz CT molecular complexity index is 301. The minimum Gasteiger partial charge on any atom is -0.386 e. The number of hydrogen-bond donors (Lipinski definition) is 2. The summed E-state index contributed by atoms with van der Waals surface area (Å²) in [5.74, 6) is 0.573. The van der Waals surface area contributed by atoms with E-state index < -0.39 is 6.10 Å². The highest BCUT2D eigenvalue weighted by Gasteiger charge is 2.12. The van der Waals surface area contributed by atoms with E-state index in [1.165, 1.54) is 11.3 Å². The van der Waals surface area contributed by atoms with Gasteiger partial charge in [0.15, 0.2) is 0 Å². The molecule has 0 aliphatic heterocycles. The first-order valence-corrected chi connectivity index (χ1v) is 6.37. The van der Waals surface area contributed by atoms with Crippen LogP contribution < -0.4 is 5.32 Å². The monoisotopic (exact) mass is 247 g/mol. The number of thiophene rings is 1. The molecule has 2 unspecified atom stereocenters. The van der Waals surface area contributed by atoms with Crippen LogP contribution in [-0.2, 0) is 0 Å². The van der Waals surface area contributed by atoms with Crippen LogP contribution >= 0.6 is 22.9 Å². The molecule has 0 aromatic carbocycles. The predicted octanol–water partition coefficient (Wildman–Crippen LogP) is 3.07. The van der Waals surface area contributed by atoms with E-state index in [1.54, 1.807) is 0 Å². The van der Waals surface area contributed by atoms with Gasteiger partial charge in [0.05, 0.1) is 4.34 Å². The van der Waals surface area contributed by atoms with Crippen molar-refractivity contribution in [1.29, 1.82) is 0 Å². The summed E-state index contributed by atoms with van der Waals surface area (Å²) in [4.78, 5) is 0.920. The van der Waals surface area contributed by atoms with Crippen molar-refractivity contribution in [3.05, 3.63) is 21.3 Å². The molecule has 1 aromatic rings. The molecule has 1 rings (SSSR count). The summed E-state index contributed by atoms with van der Waals surface area (Å²) < 4.78 is 0.723. The number of aliphatic hydroxyl groups is 1. The molecule has 1 aromatic heterocycles. The van der Waals surface area contributed by atoms with Crippen LogP contribution in [0.2, 0.25) is 4.34 Å². The molecule has 2 nitrogen and oxygen atoms in total. The van der Waals surface area contributed by atoms with E-state index in [1.807, 2.05) is 12.1 Å². The quantitative estimate of drug-likeness (QED) is 0.838. The Labute approximate surface area is 100 Å². The number of aliphatic hydroxyl groups excluding tert-OH is 1. The van der Waals surface area contributed by atoms with Gasteiger partial charge in [-0.3, -0.25) is 0 Å². The van der Waals surface area contributed by atoms with E-state index in [-0.39, 0.29) is 0 Å². The van der Waals surface area contributed by atoms with Crippen molar-refractivity contribution in [3.63, 3.8) is 0 Å². The average Bonchev–Trinajstić information content (AvgIpc) is 2.60. The van der Waals surface area contributed by atoms with E-state index in [0.29, 0.717) is 18.5 Å². The second kappa shape index (κ2) is 5.85. The molecule has 1 heterocycles. The third kappa shape index (κ3) is 4.11. The van der Waals surface area contributed by atoms with Gasteiger partial charge < -0.3 is 10.4 Å². The zero-order valence-corrected chi connectivity index (χ0v) is 10.9. The maximum absolute atomic E-state index is 9.85. The van der Waals surface area contributed by atoms with E-state index in [4.69, 9.17) is 11.6 Å². The number of nitrogens with one attached hydrogen (secondary N) is 1. The molecule has 4 heteroatoms. The van der Waals surface area contributed by atoms with Gasteiger partial charge in [0.25, 0.3) is 0 Å². The molecule has 86 valence electrons. The van der Waals surface area contributed by atoms with Crippen molar-refractivity contribution in [3.8, 4) is 0 Å². The van der Waals surface area contributed by atoms with Crippen molar-refractivity contribution in [2.24, 2.45) is 5.92 Å². The summed E-state index contributed by atoms with van der Waals surface area (Å²) in [7, 11) is 0. The molecular weight excluding hydrogens is 230 g/mol. The maximum Gasteiger partial charge on any atom is 0.101 e. The lowest BCUT2D eigenvalue weighted by atomic mass is 10.1. The molecule has 0 spiro atoms. The Morgan fingerprint density at radius 1 is 1.40 bits per heavy atom. The normalized spacial score (nSPS) is 15.6. The van der Waals surface area contributed by atoms with Crippen LogP contribution in [0.25, 0.3) is 0 Å². The number of rotatable bonds is 5. The van der Waals surface area contributed by atoms with Gasteiger partial charge in [-0.2, -0.15) is 0 Å². The average molecular weight is 248 g/mol. The van der Waals surface area contributed by atoms with Gasteiger partial charge in [-0.05, 0) is 25.0 Å². The minimum absolute atomic E-state index is 0.412. The van der Waals surface area contributed by atoms with Crippen LogP contribution in [0.15, 0.2) is 12.1 Å². The molecule has 0 saturated carbocycles. The lowest BCUT2D eigenvalue weighted by Gasteiger charge is -2.19. The number of hydrogen-bond acceptors (Lipinski definition) is 3. The topological polar surface area (TPSA) is 32.3 Å². The Kier molecular flexibility index (Phi) is 5.06. The Hall–Kier alpha value is -0.0900. The standard InChI is InChI=1S/C11H18ClNOS/c1-7(2)8(3)13-6-9(14)10-4-5-11(12)15-10/h4-5,7-9,13-14H,6H2,1-3H3. The summed E-state index contributed by atoms with van der Waals surface area (Å²) in [6, 6.07) is 4.10. The van der Waals surface area contributed by atoms with Gasteiger partial charge in [-0.25, -0.2) is 0 Å². The van der Waals surface area contributed by atoms with Gasteiger partial charge in [0, 0.05) is 17.5 Å². The smallest absolute Gasteiger partial charge is 0.101 e. The van der Waals surface area contributed by atoms with Crippen LogP contribution in [-0.4, -0.2) is 17.7 Å². The van der Waals surface area contributed by atoms with Crippen LogP contribution in [0.3, 0.4) is 0 Å². The second-order valence-corrected chi connectivity index (χ2v) is 5.85. The van der Waals surface area contributed by atoms with Gasteiger partial charge in [0.1, 0.15) is 6.10 Å². The van der Waals surface area contributed by atoms with Crippen molar-refractivity contribution < 1.29 is 5.11 Å². The van der Waals surface area contributed by atoms with Crippen molar-refractivity contribution in [2.75, 3.05) is 6.54 Å². The molecule has 0 amide bonds. The Morgan fingerprint density at radius 2 is 2.07 bits per heavy atom.